The van der Waals surface area contributed by atoms with Crippen LogP contribution in [0.3, 0.4) is 0 Å². The van der Waals surface area contributed by atoms with Gasteiger partial charge in [0, 0.05) is 6.42 Å². The van der Waals surface area contributed by atoms with Crippen molar-refractivity contribution in [1.29, 1.82) is 0 Å². The minimum atomic E-state index is -2.90. The van der Waals surface area contributed by atoms with Gasteiger partial charge in [-0.3, -0.25) is 0 Å². The number of hydrogen-bond donors (Lipinski definition) is 5. The van der Waals surface area contributed by atoms with Gasteiger partial charge < -0.3 is 25.5 Å². The molecule has 0 aromatic rings. The molecule has 1 atom stereocenters. The highest BCUT2D eigenvalue weighted by molar-refractivity contribution is 4.88. The molecule has 1 fully saturated rings. The van der Waals surface area contributed by atoms with E-state index in [0.717, 1.165) is 32.1 Å². The van der Waals surface area contributed by atoms with Crippen LogP contribution in [0.15, 0.2) is 0 Å². The van der Waals surface area contributed by atoms with E-state index in [9.17, 15) is 25.5 Å². The lowest BCUT2D eigenvalue weighted by molar-refractivity contribution is -0.386. The third kappa shape index (κ3) is 16.6. The summed E-state index contributed by atoms with van der Waals surface area (Å²) in [4.78, 5) is 0. The van der Waals surface area contributed by atoms with E-state index in [0.29, 0.717) is 12.8 Å². The Labute approximate surface area is 223 Å². The molecule has 1 rings (SSSR count). The van der Waals surface area contributed by atoms with Gasteiger partial charge in [0.25, 0.3) is 0 Å². The van der Waals surface area contributed by atoms with Gasteiger partial charge in [0.05, 0.1) is 0 Å². The fourth-order valence-corrected chi connectivity index (χ4v) is 5.60. The van der Waals surface area contributed by atoms with Crippen LogP contribution >= 0.6 is 0 Å². The largest absolute Gasteiger partial charge is 0.387 e. The molecule has 5 nitrogen and oxygen atoms in total. The van der Waals surface area contributed by atoms with Crippen LogP contribution in [0.4, 0.5) is 0 Å². The molecular formula is C31H62O5. The molecule has 5 heteroatoms. The SMILES string of the molecule is OC1CCCCCCCCCCCCCCCCCCCCCCCCCCCCC(O)(O)C1(O)O. The fraction of sp³-hybridized carbons (Fsp3) is 1.00. The van der Waals surface area contributed by atoms with Crippen molar-refractivity contribution in [2.45, 2.75) is 197 Å². The molecule has 216 valence electrons. The Hall–Kier alpha value is -0.200. The summed E-state index contributed by atoms with van der Waals surface area (Å²) in [7, 11) is 0. The van der Waals surface area contributed by atoms with Crippen LogP contribution in [-0.2, 0) is 0 Å². The molecule has 36 heavy (non-hydrogen) atoms. The van der Waals surface area contributed by atoms with E-state index >= 15 is 0 Å². The van der Waals surface area contributed by atoms with Crippen molar-refractivity contribution in [3.63, 3.8) is 0 Å². The molecule has 1 aliphatic carbocycles. The van der Waals surface area contributed by atoms with E-state index in [4.69, 9.17) is 0 Å². The average Bonchev–Trinajstić information content (AvgIpc) is 2.84. The Morgan fingerprint density at radius 2 is 0.556 bits per heavy atom. The number of rotatable bonds is 0. The second kappa shape index (κ2) is 21.7. The summed E-state index contributed by atoms with van der Waals surface area (Å²) in [6, 6.07) is 0. The molecule has 5 N–H and O–H groups in total. The monoisotopic (exact) mass is 514 g/mol. The highest BCUT2D eigenvalue weighted by Gasteiger charge is 2.51. The van der Waals surface area contributed by atoms with E-state index in [1.54, 1.807) is 0 Å². The summed E-state index contributed by atoms with van der Waals surface area (Å²) in [6.07, 6.45) is 30.1. The Balaban J connectivity index is 2.32. The van der Waals surface area contributed by atoms with Crippen molar-refractivity contribution in [3.8, 4) is 0 Å². The van der Waals surface area contributed by atoms with Crippen LogP contribution in [0.25, 0.3) is 0 Å². The zero-order chi connectivity index (χ0) is 26.4. The maximum atomic E-state index is 10.3. The van der Waals surface area contributed by atoms with Crippen molar-refractivity contribution in [2.24, 2.45) is 0 Å². The van der Waals surface area contributed by atoms with Crippen LogP contribution < -0.4 is 0 Å². The van der Waals surface area contributed by atoms with Crippen LogP contribution in [0, 0.1) is 0 Å². The third-order valence-corrected chi connectivity index (χ3v) is 8.31. The number of aliphatic hydroxyl groups is 5. The Kier molecular flexibility index (Phi) is 20.4. The first-order valence-electron chi connectivity index (χ1n) is 16.0. The lowest BCUT2D eigenvalue weighted by Crippen LogP contribution is -2.61. The molecule has 0 radical (unpaired) electrons. The van der Waals surface area contributed by atoms with Crippen LogP contribution in [-0.4, -0.2) is 43.2 Å². The Bertz CT molecular complexity index is 480. The molecule has 0 saturated heterocycles. The predicted molar refractivity (Wildman–Crippen MR) is 150 cm³/mol. The predicted octanol–water partition coefficient (Wildman–Crippen LogP) is 7.65. The van der Waals surface area contributed by atoms with E-state index < -0.39 is 17.7 Å². The lowest BCUT2D eigenvalue weighted by Gasteiger charge is -2.38. The molecule has 1 saturated carbocycles. The van der Waals surface area contributed by atoms with Crippen molar-refractivity contribution in [1.82, 2.24) is 0 Å². The molecule has 0 aliphatic heterocycles. The molecule has 0 heterocycles. The molecule has 1 unspecified atom stereocenters. The first kappa shape index (κ1) is 33.8. The highest BCUT2D eigenvalue weighted by atomic mass is 16.6. The molecule has 1 aliphatic rings. The van der Waals surface area contributed by atoms with Gasteiger partial charge in [-0.1, -0.05) is 161 Å². The van der Waals surface area contributed by atoms with Gasteiger partial charge in [0.15, 0.2) is 0 Å². The smallest absolute Gasteiger partial charge is 0.245 e. The summed E-state index contributed by atoms with van der Waals surface area (Å²) in [5, 5.41) is 51.3. The Morgan fingerprint density at radius 1 is 0.333 bits per heavy atom. The van der Waals surface area contributed by atoms with Crippen LogP contribution in [0.2, 0.25) is 0 Å². The summed E-state index contributed by atoms with van der Waals surface area (Å²) < 4.78 is 0. The lowest BCUT2D eigenvalue weighted by atomic mass is 9.91. The van der Waals surface area contributed by atoms with Crippen molar-refractivity contribution in [3.05, 3.63) is 0 Å². The first-order chi connectivity index (χ1) is 17.4. The van der Waals surface area contributed by atoms with Gasteiger partial charge in [-0.05, 0) is 12.8 Å². The zero-order valence-corrected chi connectivity index (χ0v) is 23.6. The maximum absolute atomic E-state index is 10.3. The van der Waals surface area contributed by atoms with E-state index in [1.165, 1.54) is 122 Å². The standard InChI is InChI=1S/C31H62O5/c32-29-27-25-23-21-19-17-15-13-11-9-7-5-3-1-2-4-6-8-10-12-14-16-18-20-22-24-26-28-30(33,34)31(29,35)36/h29,32-36H,1-28H2. The van der Waals surface area contributed by atoms with Crippen LogP contribution in [0.5, 0.6) is 0 Å². The van der Waals surface area contributed by atoms with Crippen molar-refractivity contribution < 1.29 is 25.5 Å². The van der Waals surface area contributed by atoms with Gasteiger partial charge in [-0.2, -0.15) is 0 Å². The molecule has 0 amide bonds. The average molecular weight is 515 g/mol. The minimum Gasteiger partial charge on any atom is -0.387 e. The summed E-state index contributed by atoms with van der Waals surface area (Å²) >= 11 is 0. The molecule has 0 aromatic carbocycles. The summed E-state index contributed by atoms with van der Waals surface area (Å²) in [5.41, 5.74) is 0. The Morgan fingerprint density at radius 3 is 0.833 bits per heavy atom. The molecule has 0 bridgehead atoms. The van der Waals surface area contributed by atoms with Gasteiger partial charge in [0.2, 0.25) is 11.6 Å². The maximum Gasteiger partial charge on any atom is 0.245 e. The van der Waals surface area contributed by atoms with E-state index in [2.05, 4.69) is 0 Å². The quantitative estimate of drug-likeness (QED) is 0.214. The van der Waals surface area contributed by atoms with E-state index in [-0.39, 0.29) is 12.8 Å². The summed E-state index contributed by atoms with van der Waals surface area (Å²) in [5.74, 6) is -5.58. The molecule has 0 spiro atoms. The second-order valence-electron chi connectivity index (χ2n) is 11.8. The highest BCUT2D eigenvalue weighted by Crippen LogP contribution is 2.29. The fourth-order valence-electron chi connectivity index (χ4n) is 5.60. The van der Waals surface area contributed by atoms with Gasteiger partial charge >= 0.3 is 0 Å². The summed E-state index contributed by atoms with van der Waals surface area (Å²) in [6.45, 7) is 0. The number of aliphatic hydroxyl groups excluding tert-OH is 1. The van der Waals surface area contributed by atoms with Gasteiger partial charge in [-0.15, -0.1) is 0 Å². The van der Waals surface area contributed by atoms with Crippen molar-refractivity contribution >= 4 is 0 Å². The third-order valence-electron chi connectivity index (χ3n) is 8.31. The normalized spacial score (nSPS) is 27.4. The number of hydrogen-bond acceptors (Lipinski definition) is 5. The first-order valence-corrected chi connectivity index (χ1v) is 16.0. The zero-order valence-electron chi connectivity index (χ0n) is 23.6. The van der Waals surface area contributed by atoms with Crippen LogP contribution in [0.1, 0.15) is 180 Å². The minimum absolute atomic E-state index is 0.142. The van der Waals surface area contributed by atoms with Gasteiger partial charge in [-0.25, -0.2) is 0 Å². The molecular weight excluding hydrogens is 452 g/mol. The molecule has 0 aromatic heterocycles. The van der Waals surface area contributed by atoms with Gasteiger partial charge in [0.1, 0.15) is 6.10 Å². The second-order valence-corrected chi connectivity index (χ2v) is 11.8. The topological polar surface area (TPSA) is 101 Å². The van der Waals surface area contributed by atoms with E-state index in [1.807, 2.05) is 0 Å². The van der Waals surface area contributed by atoms with Crippen molar-refractivity contribution in [2.75, 3.05) is 0 Å².